The molecule has 0 spiro atoms. The van der Waals surface area contributed by atoms with E-state index >= 15 is 0 Å². The first-order valence-electron chi connectivity index (χ1n) is 10.4. The van der Waals surface area contributed by atoms with Gasteiger partial charge in [0.1, 0.15) is 24.0 Å². The third kappa shape index (κ3) is 4.19. The predicted octanol–water partition coefficient (Wildman–Crippen LogP) is 6.18. The predicted molar refractivity (Wildman–Crippen MR) is 131 cm³/mol. The van der Waals surface area contributed by atoms with Gasteiger partial charge in [0, 0.05) is 15.6 Å². The van der Waals surface area contributed by atoms with E-state index in [0.29, 0.717) is 33.9 Å². The molecule has 8 heteroatoms. The van der Waals surface area contributed by atoms with E-state index in [1.165, 1.54) is 0 Å². The molecule has 0 aliphatic carbocycles. The summed E-state index contributed by atoms with van der Waals surface area (Å²) in [6.45, 7) is 0.413. The van der Waals surface area contributed by atoms with Crippen molar-refractivity contribution in [2.75, 3.05) is 0 Å². The van der Waals surface area contributed by atoms with Gasteiger partial charge in [-0.3, -0.25) is 5.10 Å². The molecule has 0 saturated heterocycles. The van der Waals surface area contributed by atoms with Crippen LogP contribution in [0.3, 0.4) is 0 Å². The van der Waals surface area contributed by atoms with Crippen molar-refractivity contribution in [3.05, 3.63) is 111 Å². The number of nitrogens with one attached hydrogen (secondary N) is 1. The van der Waals surface area contributed by atoms with Crippen LogP contribution in [0.2, 0.25) is 10.0 Å². The molecule has 6 nitrogen and oxygen atoms in total. The number of rotatable bonds is 5. The van der Waals surface area contributed by atoms with Gasteiger partial charge >= 0.3 is 0 Å². The summed E-state index contributed by atoms with van der Waals surface area (Å²) in [4.78, 5) is 0. The lowest BCUT2D eigenvalue weighted by Crippen LogP contribution is -2.21. The van der Waals surface area contributed by atoms with E-state index in [0.717, 1.165) is 27.9 Å². The van der Waals surface area contributed by atoms with E-state index in [1.807, 2.05) is 60.7 Å². The summed E-state index contributed by atoms with van der Waals surface area (Å²) in [5.41, 5.74) is 10.6. The zero-order chi connectivity index (χ0) is 23.7. The molecule has 0 bridgehead atoms. The van der Waals surface area contributed by atoms with Crippen molar-refractivity contribution in [3.63, 3.8) is 0 Å². The van der Waals surface area contributed by atoms with Crippen molar-refractivity contribution >= 4 is 23.2 Å². The maximum absolute atomic E-state index is 9.89. The zero-order valence-electron chi connectivity index (χ0n) is 17.8. The first kappa shape index (κ1) is 21.9. The number of aromatic amines is 1. The number of allylic oxidation sites excluding steroid dienone is 1. The van der Waals surface area contributed by atoms with Crippen LogP contribution in [0.15, 0.2) is 84.3 Å². The minimum atomic E-state index is -0.455. The molecule has 1 aliphatic rings. The molecule has 4 aromatic rings. The first-order valence-corrected chi connectivity index (χ1v) is 11.2. The number of ether oxygens (including phenoxy) is 2. The lowest BCUT2D eigenvalue weighted by Gasteiger charge is -2.24. The van der Waals surface area contributed by atoms with Gasteiger partial charge in [-0.05, 0) is 47.5 Å². The van der Waals surface area contributed by atoms with E-state index in [9.17, 15) is 5.26 Å². The fourth-order valence-electron chi connectivity index (χ4n) is 3.92. The Labute approximate surface area is 206 Å². The molecule has 0 fully saturated rings. The summed E-state index contributed by atoms with van der Waals surface area (Å²) in [6, 6.07) is 24.6. The molecule has 5 rings (SSSR count). The number of nitrogens with zero attached hydrogens (tertiary/aromatic N) is 2. The summed E-state index contributed by atoms with van der Waals surface area (Å²) in [7, 11) is 0. The van der Waals surface area contributed by atoms with Gasteiger partial charge in [-0.2, -0.15) is 5.26 Å². The highest BCUT2D eigenvalue weighted by molar-refractivity contribution is 6.30. The Morgan fingerprint density at radius 3 is 2.26 bits per heavy atom. The number of aromatic nitrogens is 2. The van der Waals surface area contributed by atoms with Crippen LogP contribution in [0.1, 0.15) is 22.6 Å². The van der Waals surface area contributed by atoms with Crippen LogP contribution < -0.4 is 15.2 Å². The molecule has 0 unspecified atom stereocenters. The fraction of sp³-hybridized carbons (Fsp3) is 0.0769. The Bertz CT molecular complexity index is 1400. The van der Waals surface area contributed by atoms with Gasteiger partial charge < -0.3 is 15.2 Å². The Kier molecular flexibility index (Phi) is 5.89. The summed E-state index contributed by atoms with van der Waals surface area (Å²) in [6.07, 6.45) is 0. The fourth-order valence-corrected chi connectivity index (χ4v) is 4.17. The number of hydrogen-bond donors (Lipinski definition) is 2. The molecule has 0 saturated carbocycles. The quantitative estimate of drug-likeness (QED) is 0.349. The smallest absolute Gasteiger partial charge is 0.244 e. The average Bonchev–Trinajstić information content (AvgIpc) is 3.27. The van der Waals surface area contributed by atoms with Gasteiger partial charge in [0.25, 0.3) is 0 Å². The minimum Gasteiger partial charge on any atom is -0.489 e. The van der Waals surface area contributed by atoms with Gasteiger partial charge in [0.2, 0.25) is 11.8 Å². The maximum Gasteiger partial charge on any atom is 0.244 e. The van der Waals surface area contributed by atoms with E-state index in [-0.39, 0.29) is 5.88 Å². The Morgan fingerprint density at radius 1 is 0.971 bits per heavy atom. The lowest BCUT2D eigenvalue weighted by atomic mass is 9.83. The van der Waals surface area contributed by atoms with Crippen LogP contribution in [0, 0.1) is 11.3 Å². The molecule has 168 valence electrons. The van der Waals surface area contributed by atoms with Crippen molar-refractivity contribution in [1.29, 1.82) is 5.26 Å². The summed E-state index contributed by atoms with van der Waals surface area (Å²) in [5.74, 6) is 0.627. The number of nitrogens with two attached hydrogens (primary N) is 1. The third-order valence-electron chi connectivity index (χ3n) is 5.60. The highest BCUT2D eigenvalue weighted by Gasteiger charge is 2.35. The normalized spacial score (nSPS) is 14.8. The number of benzene rings is 3. The molecule has 0 radical (unpaired) electrons. The Balaban J connectivity index is 1.48. The molecule has 1 aromatic heterocycles. The van der Waals surface area contributed by atoms with Crippen LogP contribution in [0.5, 0.6) is 11.6 Å². The van der Waals surface area contributed by atoms with Crippen molar-refractivity contribution in [1.82, 2.24) is 10.2 Å². The second-order valence-corrected chi connectivity index (χ2v) is 8.61. The highest BCUT2D eigenvalue weighted by Crippen LogP contribution is 2.45. The van der Waals surface area contributed by atoms with Gasteiger partial charge in [-0.1, -0.05) is 59.6 Å². The highest BCUT2D eigenvalue weighted by atomic mass is 35.5. The van der Waals surface area contributed by atoms with Crippen molar-refractivity contribution in [2.24, 2.45) is 5.73 Å². The Morgan fingerprint density at radius 2 is 1.62 bits per heavy atom. The third-order valence-corrected chi connectivity index (χ3v) is 6.11. The number of fused-ring (bicyclic) bond motifs is 1. The summed E-state index contributed by atoms with van der Waals surface area (Å²) < 4.78 is 11.6. The molecular weight excluding hydrogens is 471 g/mol. The number of nitriles is 1. The van der Waals surface area contributed by atoms with Gasteiger partial charge in [0.15, 0.2) is 0 Å². The molecule has 2 heterocycles. The summed E-state index contributed by atoms with van der Waals surface area (Å²) in [5, 5.41) is 18.5. The number of halogens is 2. The topological polar surface area (TPSA) is 97.0 Å². The zero-order valence-corrected chi connectivity index (χ0v) is 19.3. The van der Waals surface area contributed by atoms with Crippen molar-refractivity contribution in [3.8, 4) is 29.0 Å². The summed E-state index contributed by atoms with van der Waals surface area (Å²) >= 11 is 12.0. The standard InChI is InChI=1S/C26H18Cl2N4O2/c27-18-7-1-15(2-8-18)14-33-20-11-5-16(6-12-20)22-21(13-29)25(30)34-26-23(22)24(31-32-26)17-3-9-19(28)10-4-17/h1-12,22H,14,30H2,(H,31,32)/t22-/m1/s1. The molecule has 1 aliphatic heterocycles. The molecule has 1 atom stereocenters. The molecule has 34 heavy (non-hydrogen) atoms. The monoisotopic (exact) mass is 488 g/mol. The van der Waals surface area contributed by atoms with Crippen LogP contribution in [0.4, 0.5) is 0 Å². The number of H-pyrrole nitrogens is 1. The molecular formula is C26H18Cl2N4O2. The maximum atomic E-state index is 9.89. The SMILES string of the molecule is N#CC1=C(N)Oc2n[nH]c(-c3ccc(Cl)cc3)c2[C@@H]1c1ccc(OCc2ccc(Cl)cc2)cc1. The van der Waals surface area contributed by atoms with E-state index in [1.54, 1.807) is 12.1 Å². The van der Waals surface area contributed by atoms with Gasteiger partial charge in [-0.25, -0.2) is 0 Å². The molecule has 3 N–H and O–H groups in total. The van der Waals surface area contributed by atoms with Crippen molar-refractivity contribution < 1.29 is 9.47 Å². The van der Waals surface area contributed by atoms with E-state index in [4.69, 9.17) is 38.4 Å². The van der Waals surface area contributed by atoms with Crippen LogP contribution in [0.25, 0.3) is 11.3 Å². The van der Waals surface area contributed by atoms with Crippen molar-refractivity contribution in [2.45, 2.75) is 12.5 Å². The minimum absolute atomic E-state index is 0.0391. The molecule has 3 aromatic carbocycles. The second-order valence-electron chi connectivity index (χ2n) is 7.73. The second kappa shape index (κ2) is 9.14. The largest absolute Gasteiger partial charge is 0.489 e. The lowest BCUT2D eigenvalue weighted by molar-refractivity contribution is 0.306. The Hall–Kier alpha value is -3.92. The van der Waals surface area contributed by atoms with Crippen LogP contribution in [-0.2, 0) is 6.61 Å². The van der Waals surface area contributed by atoms with Gasteiger partial charge in [0.05, 0.1) is 17.2 Å². The van der Waals surface area contributed by atoms with E-state index in [2.05, 4.69) is 16.3 Å². The molecule has 0 amide bonds. The first-order chi connectivity index (χ1) is 16.5. The number of hydrogen-bond acceptors (Lipinski definition) is 5. The van der Waals surface area contributed by atoms with E-state index < -0.39 is 5.92 Å². The van der Waals surface area contributed by atoms with Gasteiger partial charge in [-0.15, -0.1) is 5.10 Å². The van der Waals surface area contributed by atoms with Crippen LogP contribution in [-0.4, -0.2) is 10.2 Å². The average molecular weight is 489 g/mol. The van der Waals surface area contributed by atoms with Crippen LogP contribution >= 0.6 is 23.2 Å².